The lowest BCUT2D eigenvalue weighted by atomic mass is 10.2. The molecule has 0 spiro atoms. The van der Waals surface area contributed by atoms with Crippen molar-refractivity contribution in [1.29, 1.82) is 0 Å². The minimum Gasteiger partial charge on any atom is -0.393 e. The third-order valence-electron chi connectivity index (χ3n) is 4.67. The molecule has 150 valence electrons. The van der Waals surface area contributed by atoms with Crippen molar-refractivity contribution in [3.05, 3.63) is 95.4 Å². The van der Waals surface area contributed by atoms with Gasteiger partial charge in [0.1, 0.15) is 17.8 Å². The fourth-order valence-electron chi connectivity index (χ4n) is 3.14. The Morgan fingerprint density at radius 3 is 2.50 bits per heavy atom. The number of benzene rings is 2. The van der Waals surface area contributed by atoms with E-state index in [9.17, 15) is 0 Å². The minimum absolute atomic E-state index is 0.438. The van der Waals surface area contributed by atoms with E-state index in [1.165, 1.54) is 6.33 Å². The highest BCUT2D eigenvalue weighted by atomic mass is 35.5. The van der Waals surface area contributed by atoms with E-state index in [2.05, 4.69) is 32.4 Å². The van der Waals surface area contributed by atoms with Gasteiger partial charge < -0.3 is 16.0 Å². The number of hydrogen-bond acceptors (Lipinski definition) is 6. The molecule has 0 fully saturated rings. The van der Waals surface area contributed by atoms with E-state index >= 15 is 0 Å². The number of halogens is 1. The second kappa shape index (κ2) is 8.80. The predicted molar refractivity (Wildman–Crippen MR) is 122 cm³/mol. The number of pyridine rings is 1. The zero-order valence-corrected chi connectivity index (χ0v) is 17.2. The van der Waals surface area contributed by atoms with E-state index in [0.717, 1.165) is 22.6 Å². The molecule has 0 atom stereocenters. The van der Waals surface area contributed by atoms with Crippen molar-refractivity contribution in [2.75, 3.05) is 16.0 Å². The fourth-order valence-corrected chi connectivity index (χ4v) is 3.37. The number of nitrogens with two attached hydrogens (primary N) is 1. The highest BCUT2D eigenvalue weighted by molar-refractivity contribution is 6.30. The van der Waals surface area contributed by atoms with E-state index in [4.69, 9.17) is 17.3 Å². The maximum Gasteiger partial charge on any atom is 0.163 e. The summed E-state index contributed by atoms with van der Waals surface area (Å²) in [4.78, 5) is 15.3. The summed E-state index contributed by atoms with van der Waals surface area (Å²) in [6.45, 7) is 2.54. The quantitative estimate of drug-likeness (QED) is 0.432. The molecular weight excluding hydrogens is 396 g/mol. The summed E-state index contributed by atoms with van der Waals surface area (Å²) in [5.41, 5.74) is 9.94. The first-order valence-corrected chi connectivity index (χ1v) is 9.86. The number of nitrogens with zero attached hydrogens (tertiary/aromatic N) is 4. The van der Waals surface area contributed by atoms with Crippen LogP contribution >= 0.6 is 11.6 Å². The molecule has 2 heterocycles. The molecule has 0 bridgehead atoms. The van der Waals surface area contributed by atoms with Crippen LogP contribution in [0.2, 0.25) is 5.02 Å². The Labute approximate surface area is 180 Å². The zero-order chi connectivity index (χ0) is 20.9. The molecule has 6 nitrogen and oxygen atoms in total. The van der Waals surface area contributed by atoms with Crippen molar-refractivity contribution in [2.24, 2.45) is 0 Å². The first kappa shape index (κ1) is 19.7. The van der Waals surface area contributed by atoms with Crippen LogP contribution in [0.1, 0.15) is 11.1 Å². The summed E-state index contributed by atoms with van der Waals surface area (Å²) < 4.78 is 0. The topological polar surface area (TPSA) is 80.0 Å². The van der Waals surface area contributed by atoms with Crippen LogP contribution in [-0.4, -0.2) is 15.0 Å². The molecule has 0 saturated heterocycles. The van der Waals surface area contributed by atoms with Gasteiger partial charge in [-0.1, -0.05) is 48.0 Å². The van der Waals surface area contributed by atoms with E-state index in [1.54, 1.807) is 6.20 Å². The van der Waals surface area contributed by atoms with E-state index < -0.39 is 0 Å². The predicted octanol–water partition coefficient (Wildman–Crippen LogP) is 5.50. The molecular formula is C23H21ClN6. The van der Waals surface area contributed by atoms with Crippen LogP contribution in [0.15, 0.2) is 79.3 Å². The van der Waals surface area contributed by atoms with Gasteiger partial charge in [-0.05, 0) is 48.4 Å². The average molecular weight is 417 g/mol. The van der Waals surface area contributed by atoms with Crippen molar-refractivity contribution in [3.8, 4) is 0 Å². The number of nitrogen functional groups attached to an aromatic ring is 1. The van der Waals surface area contributed by atoms with Gasteiger partial charge in [-0.3, -0.25) is 0 Å². The first-order valence-electron chi connectivity index (χ1n) is 9.48. The van der Waals surface area contributed by atoms with Gasteiger partial charge in [-0.2, -0.15) is 0 Å². The second-order valence-corrected chi connectivity index (χ2v) is 7.24. The molecule has 30 heavy (non-hydrogen) atoms. The third-order valence-corrected chi connectivity index (χ3v) is 4.90. The second-order valence-electron chi connectivity index (χ2n) is 6.80. The molecule has 0 aliphatic rings. The minimum atomic E-state index is 0.438. The van der Waals surface area contributed by atoms with E-state index in [0.29, 0.717) is 28.9 Å². The normalized spacial score (nSPS) is 10.6. The molecule has 3 N–H and O–H groups in total. The van der Waals surface area contributed by atoms with Crippen LogP contribution in [0.4, 0.5) is 28.8 Å². The van der Waals surface area contributed by atoms with Crippen molar-refractivity contribution in [1.82, 2.24) is 15.0 Å². The SMILES string of the molecule is Cc1cc(Cl)ccc1Nc1ncnc(N(Cc2ccccc2)c2ccccn2)c1N. The van der Waals surface area contributed by atoms with Crippen LogP contribution in [0.5, 0.6) is 0 Å². The standard InChI is InChI=1S/C23H21ClN6/c1-16-13-18(24)10-11-19(16)29-22-21(25)23(28-15-27-22)30(20-9-5-6-12-26-20)14-17-7-3-2-4-8-17/h2-13,15H,14,25H2,1H3,(H,27,28,29). The van der Waals surface area contributed by atoms with Gasteiger partial charge in [-0.25, -0.2) is 15.0 Å². The van der Waals surface area contributed by atoms with Crippen LogP contribution < -0.4 is 16.0 Å². The highest BCUT2D eigenvalue weighted by Crippen LogP contribution is 2.34. The van der Waals surface area contributed by atoms with Crippen molar-refractivity contribution in [2.45, 2.75) is 13.5 Å². The summed E-state index contributed by atoms with van der Waals surface area (Å²) >= 11 is 6.07. The molecule has 0 unspecified atom stereocenters. The zero-order valence-electron chi connectivity index (χ0n) is 16.5. The van der Waals surface area contributed by atoms with Gasteiger partial charge >= 0.3 is 0 Å². The molecule has 4 rings (SSSR count). The van der Waals surface area contributed by atoms with Crippen LogP contribution in [0.25, 0.3) is 0 Å². The van der Waals surface area contributed by atoms with Gasteiger partial charge in [-0.15, -0.1) is 0 Å². The Kier molecular flexibility index (Phi) is 5.77. The van der Waals surface area contributed by atoms with Gasteiger partial charge in [0.2, 0.25) is 0 Å². The van der Waals surface area contributed by atoms with Crippen LogP contribution in [-0.2, 0) is 6.54 Å². The van der Waals surface area contributed by atoms with Gasteiger partial charge in [0, 0.05) is 16.9 Å². The average Bonchev–Trinajstić information content (AvgIpc) is 2.77. The Hall–Kier alpha value is -3.64. The summed E-state index contributed by atoms with van der Waals surface area (Å²) in [6, 6.07) is 21.5. The molecule has 7 heteroatoms. The molecule has 2 aromatic carbocycles. The lowest BCUT2D eigenvalue weighted by molar-refractivity contribution is 0.918. The van der Waals surface area contributed by atoms with Crippen molar-refractivity contribution in [3.63, 3.8) is 0 Å². The molecule has 0 aliphatic carbocycles. The lowest BCUT2D eigenvalue weighted by Crippen LogP contribution is -2.21. The number of anilines is 5. The molecule has 4 aromatic rings. The maximum atomic E-state index is 6.52. The molecule has 2 aromatic heterocycles. The first-order chi connectivity index (χ1) is 14.6. The monoisotopic (exact) mass is 416 g/mol. The van der Waals surface area contributed by atoms with Gasteiger partial charge in [0.05, 0.1) is 6.54 Å². The summed E-state index contributed by atoms with van der Waals surface area (Å²) in [7, 11) is 0. The maximum absolute atomic E-state index is 6.52. The number of nitrogens with one attached hydrogen (secondary N) is 1. The van der Waals surface area contributed by atoms with Gasteiger partial charge in [0.15, 0.2) is 11.6 Å². The Morgan fingerprint density at radius 2 is 1.77 bits per heavy atom. The van der Waals surface area contributed by atoms with Gasteiger partial charge in [0.25, 0.3) is 0 Å². The molecule has 0 radical (unpaired) electrons. The van der Waals surface area contributed by atoms with Crippen LogP contribution in [0, 0.1) is 6.92 Å². The fraction of sp³-hybridized carbons (Fsp3) is 0.0870. The smallest absolute Gasteiger partial charge is 0.163 e. The van der Waals surface area contributed by atoms with Crippen molar-refractivity contribution >= 4 is 40.4 Å². The summed E-state index contributed by atoms with van der Waals surface area (Å²) in [6.07, 6.45) is 3.25. The Balaban J connectivity index is 1.73. The molecule has 0 amide bonds. The third kappa shape index (κ3) is 4.34. The van der Waals surface area contributed by atoms with E-state index in [1.807, 2.05) is 66.4 Å². The number of hydrogen-bond donors (Lipinski definition) is 2. The lowest BCUT2D eigenvalue weighted by Gasteiger charge is -2.25. The largest absolute Gasteiger partial charge is 0.393 e. The summed E-state index contributed by atoms with van der Waals surface area (Å²) in [5.74, 6) is 1.86. The van der Waals surface area contributed by atoms with Crippen molar-refractivity contribution < 1.29 is 0 Å². The van der Waals surface area contributed by atoms with E-state index in [-0.39, 0.29) is 0 Å². The molecule has 0 aliphatic heterocycles. The Morgan fingerprint density at radius 1 is 0.967 bits per heavy atom. The number of aromatic nitrogens is 3. The summed E-state index contributed by atoms with van der Waals surface area (Å²) in [5, 5.41) is 3.98. The Bertz CT molecular complexity index is 1140. The van der Waals surface area contributed by atoms with Crippen LogP contribution in [0.3, 0.4) is 0 Å². The highest BCUT2D eigenvalue weighted by Gasteiger charge is 2.19. The number of rotatable bonds is 6. The molecule has 0 saturated carbocycles. The number of aryl methyl sites for hydroxylation is 1.